The summed E-state index contributed by atoms with van der Waals surface area (Å²) in [6.07, 6.45) is 0.503. The molecule has 3 aromatic carbocycles. The Bertz CT molecular complexity index is 2140. The summed E-state index contributed by atoms with van der Waals surface area (Å²) in [6.45, 7) is 4.48. The molecular formula is C45H53N7O9. The lowest BCUT2D eigenvalue weighted by Crippen LogP contribution is -2.72. The second-order valence-corrected chi connectivity index (χ2v) is 17.7. The van der Waals surface area contributed by atoms with Crippen LogP contribution in [0.3, 0.4) is 0 Å². The van der Waals surface area contributed by atoms with Crippen LogP contribution in [0.4, 0.5) is 15.3 Å². The number of imide groups is 2. The molecule has 61 heavy (non-hydrogen) atoms. The second kappa shape index (κ2) is 15.2. The Labute approximate surface area is 353 Å². The molecule has 10 rings (SSSR count). The normalized spacial score (nSPS) is 31.6. The number of likely N-dealkylation sites (tertiary alicyclic amines) is 2. The molecule has 0 spiro atoms. The van der Waals surface area contributed by atoms with Crippen LogP contribution in [0.25, 0.3) is 0 Å². The number of hydrogen-bond donors (Lipinski definition) is 6. The minimum atomic E-state index is -1.62. The van der Waals surface area contributed by atoms with Gasteiger partial charge >= 0.3 is 12.2 Å². The third-order valence-corrected chi connectivity index (χ3v) is 14.8. The number of nitrogens with zero attached hydrogens (tertiary/aromatic N) is 3. The van der Waals surface area contributed by atoms with E-state index in [2.05, 4.69) is 25.3 Å². The van der Waals surface area contributed by atoms with Crippen LogP contribution >= 0.6 is 0 Å². The predicted octanol–water partition coefficient (Wildman–Crippen LogP) is 3.63. The van der Waals surface area contributed by atoms with Crippen molar-refractivity contribution >= 4 is 41.5 Å². The van der Waals surface area contributed by atoms with E-state index in [1.54, 1.807) is 7.11 Å². The molecule has 3 aromatic rings. The largest absolute Gasteiger partial charge is 0.497 e. The van der Waals surface area contributed by atoms with Crippen molar-refractivity contribution in [1.82, 2.24) is 20.4 Å². The molecule has 0 aromatic heterocycles. The van der Waals surface area contributed by atoms with E-state index in [-0.39, 0.29) is 37.0 Å². The Kier molecular flexibility index (Phi) is 10.4. The molecule has 4 bridgehead atoms. The maximum Gasteiger partial charge on any atom is 0.411 e. The minimum Gasteiger partial charge on any atom is -0.497 e. The standard InChI is InChI=1S/C45H53N7O9/c1-42(24-36(46)53)26-8-12-28(13-9-26)44(42,38(55)48-40(57)58)50-22-4-6-32(50)34-20-21-35(52(34)30-16-18-31(61-3)19-17-30)33-7-5-23-51(33)45(39(56)49-41(59)60)29-14-10-27(11-15-29)43(45,2)25-37(47)54/h8-19,32-35H,4-7,20-25H2,1-3H3,(H2,46,53)(H2,47,54)(H,48,55)(H,49,56)(H,57,58)(H,59,60)/t32?,33?,34-,35-,42?,43?,44-,45-/m1/s1. The number of benzene rings is 3. The number of nitrogens with two attached hydrogens (primary N) is 2. The van der Waals surface area contributed by atoms with Crippen LogP contribution in [-0.4, -0.2) is 100 Å². The molecule has 3 aliphatic heterocycles. The highest BCUT2D eigenvalue weighted by atomic mass is 16.5. The summed E-state index contributed by atoms with van der Waals surface area (Å²) in [5, 5.41) is 24.4. The first-order chi connectivity index (χ1) is 29.0. The first-order valence-corrected chi connectivity index (χ1v) is 20.9. The van der Waals surface area contributed by atoms with Crippen LogP contribution < -0.4 is 31.7 Å². The molecule has 0 radical (unpaired) electrons. The van der Waals surface area contributed by atoms with Gasteiger partial charge in [0, 0.05) is 53.5 Å². The third kappa shape index (κ3) is 6.08. The van der Waals surface area contributed by atoms with Gasteiger partial charge in [-0.25, -0.2) is 9.59 Å². The molecule has 3 saturated heterocycles. The van der Waals surface area contributed by atoms with Gasteiger partial charge < -0.3 is 31.3 Å². The highest BCUT2D eigenvalue weighted by Crippen LogP contribution is 2.58. The van der Waals surface area contributed by atoms with Crippen LogP contribution in [0.2, 0.25) is 0 Å². The number of anilines is 1. The van der Waals surface area contributed by atoms with Gasteiger partial charge in [0.15, 0.2) is 0 Å². The molecule has 16 heteroatoms. The van der Waals surface area contributed by atoms with Gasteiger partial charge in [0.1, 0.15) is 16.8 Å². The number of carbonyl (C=O) groups is 6. The molecule has 322 valence electrons. The monoisotopic (exact) mass is 835 g/mol. The van der Waals surface area contributed by atoms with Crippen molar-refractivity contribution in [2.24, 2.45) is 11.5 Å². The number of hydrogen-bond acceptors (Lipinski definition) is 10. The van der Waals surface area contributed by atoms with E-state index in [1.165, 1.54) is 0 Å². The molecule has 8 N–H and O–H groups in total. The number of methoxy groups -OCH3 is 1. The Morgan fingerprint density at radius 2 is 0.984 bits per heavy atom. The summed E-state index contributed by atoms with van der Waals surface area (Å²) in [7, 11) is 1.59. The number of rotatable bonds is 12. The Balaban J connectivity index is 1.27. The summed E-state index contributed by atoms with van der Waals surface area (Å²) in [5.41, 5.74) is 9.54. The van der Waals surface area contributed by atoms with Crippen molar-refractivity contribution in [2.45, 2.75) is 111 Å². The van der Waals surface area contributed by atoms with E-state index < -0.39 is 57.7 Å². The maximum absolute atomic E-state index is 14.8. The average molecular weight is 836 g/mol. The minimum absolute atomic E-state index is 0.214. The van der Waals surface area contributed by atoms with Gasteiger partial charge in [0.2, 0.25) is 11.8 Å². The van der Waals surface area contributed by atoms with Crippen LogP contribution in [0.1, 0.15) is 87.5 Å². The highest BCUT2D eigenvalue weighted by Gasteiger charge is 2.67. The summed E-state index contributed by atoms with van der Waals surface area (Å²) < 4.78 is 5.55. The number of amides is 6. The SMILES string of the molecule is COc1ccc(N2[C@@H](C3CCCN3[C@@]3(C(=O)NC(=O)O)c4ccc(cc4)C3(C)CC(N)=O)CC[C@@H]2C2CCCN2[C@@]2(C(=O)NC(=O)O)c3ccc(cc3)C2(C)CC(N)=O)cc1. The summed E-state index contributed by atoms with van der Waals surface area (Å²) in [6, 6.07) is 21.3. The van der Waals surface area contributed by atoms with Crippen LogP contribution in [-0.2, 0) is 41.1 Å². The molecular weight excluding hydrogens is 783 g/mol. The van der Waals surface area contributed by atoms with Gasteiger partial charge in [0.05, 0.1) is 7.11 Å². The van der Waals surface area contributed by atoms with Crippen molar-refractivity contribution in [3.8, 4) is 5.75 Å². The topological polar surface area (TPSA) is 238 Å². The first kappa shape index (κ1) is 41.7. The molecule has 6 amide bonds. The smallest absolute Gasteiger partial charge is 0.411 e. The highest BCUT2D eigenvalue weighted by molar-refractivity contribution is 6.01. The Morgan fingerprint density at radius 1 is 0.607 bits per heavy atom. The molecule has 4 unspecified atom stereocenters. The van der Waals surface area contributed by atoms with Crippen LogP contribution in [0, 0.1) is 0 Å². The average Bonchev–Trinajstić information content (AvgIpc) is 3.98. The number of carbonyl (C=O) groups excluding carboxylic acids is 4. The van der Waals surface area contributed by atoms with E-state index in [0.717, 1.165) is 5.69 Å². The second-order valence-electron chi connectivity index (χ2n) is 17.7. The van der Waals surface area contributed by atoms with Crippen molar-refractivity contribution in [3.05, 3.63) is 95.1 Å². The van der Waals surface area contributed by atoms with Gasteiger partial charge in [-0.1, -0.05) is 62.4 Å². The predicted molar refractivity (Wildman–Crippen MR) is 223 cm³/mol. The molecule has 3 heterocycles. The lowest BCUT2D eigenvalue weighted by atomic mass is 9.56. The van der Waals surface area contributed by atoms with E-state index in [9.17, 15) is 39.0 Å². The zero-order chi connectivity index (χ0) is 43.6. The van der Waals surface area contributed by atoms with E-state index in [4.69, 9.17) is 16.2 Å². The summed E-state index contributed by atoms with van der Waals surface area (Å²) in [5.74, 6) is -2.12. The van der Waals surface area contributed by atoms with Crippen LogP contribution in [0.5, 0.6) is 5.75 Å². The zero-order valence-electron chi connectivity index (χ0n) is 34.6. The number of nitrogens with one attached hydrogen (secondary N) is 2. The third-order valence-electron chi connectivity index (χ3n) is 14.8. The lowest BCUT2D eigenvalue weighted by molar-refractivity contribution is -0.144. The Hall–Kier alpha value is -6.00. The van der Waals surface area contributed by atoms with Gasteiger partial charge in [-0.3, -0.25) is 39.6 Å². The zero-order valence-corrected chi connectivity index (χ0v) is 34.6. The fourth-order valence-corrected chi connectivity index (χ4v) is 12.7. The number of primary amides is 2. The first-order valence-electron chi connectivity index (χ1n) is 20.9. The van der Waals surface area contributed by atoms with Gasteiger partial charge in [-0.05, 0) is 98.1 Å². The van der Waals surface area contributed by atoms with E-state index >= 15 is 0 Å². The molecule has 4 aliphatic carbocycles. The van der Waals surface area contributed by atoms with Gasteiger partial charge in [-0.15, -0.1) is 0 Å². The molecule has 3 fully saturated rings. The van der Waals surface area contributed by atoms with E-state index in [0.29, 0.717) is 79.6 Å². The summed E-state index contributed by atoms with van der Waals surface area (Å²) >= 11 is 0. The lowest BCUT2D eigenvalue weighted by Gasteiger charge is -2.58. The Morgan fingerprint density at radius 3 is 1.33 bits per heavy atom. The fraction of sp³-hybridized carbons (Fsp3) is 0.467. The molecule has 7 aliphatic rings. The fourth-order valence-electron chi connectivity index (χ4n) is 12.7. The van der Waals surface area contributed by atoms with Gasteiger partial charge in [-0.2, -0.15) is 0 Å². The van der Waals surface area contributed by atoms with E-state index in [1.807, 2.05) is 86.6 Å². The number of carboxylic acid groups (broad SMARTS) is 2. The summed E-state index contributed by atoms with van der Waals surface area (Å²) in [4.78, 5) is 86.6. The number of fused-ring (bicyclic) bond motifs is 6. The maximum atomic E-state index is 14.8. The van der Waals surface area contributed by atoms with Crippen molar-refractivity contribution in [3.63, 3.8) is 0 Å². The van der Waals surface area contributed by atoms with Gasteiger partial charge in [0.25, 0.3) is 11.8 Å². The molecule has 16 nitrogen and oxygen atoms in total. The number of ether oxygens (including phenoxy) is 1. The van der Waals surface area contributed by atoms with Crippen molar-refractivity contribution in [1.29, 1.82) is 0 Å². The molecule has 0 saturated carbocycles. The van der Waals surface area contributed by atoms with Crippen LogP contribution in [0.15, 0.2) is 72.8 Å². The molecule has 8 atom stereocenters. The quantitative estimate of drug-likeness (QED) is 0.153. The van der Waals surface area contributed by atoms with Crippen molar-refractivity contribution in [2.75, 3.05) is 25.1 Å². The van der Waals surface area contributed by atoms with Crippen molar-refractivity contribution < 1.29 is 43.7 Å².